The van der Waals surface area contributed by atoms with Crippen molar-refractivity contribution >= 4 is 29.9 Å². The normalized spacial score (nSPS) is 9.67. The number of carbonyl (C=O) groups excluding carboxylic acids is 2. The molecule has 1 aromatic carbocycles. The molecule has 6 heteroatoms. The summed E-state index contributed by atoms with van der Waals surface area (Å²) < 4.78 is 0. The number of benzene rings is 1. The Labute approximate surface area is 132 Å². The standard InChI is InChI=1S/C15H23N3O2.ClH/c1-4-17-15(20)12-8-7-11(2)13(10-12)18-14(19)6-5-9-16-3;/h7-8,10,16H,4-6,9H2,1-3H3,(H,17,20)(H,18,19);1H. The van der Waals surface area contributed by atoms with Crippen LogP contribution in [0.1, 0.15) is 35.7 Å². The number of anilines is 1. The summed E-state index contributed by atoms with van der Waals surface area (Å²) in [5, 5.41) is 8.61. The Morgan fingerprint density at radius 1 is 1.24 bits per heavy atom. The van der Waals surface area contributed by atoms with Gasteiger partial charge in [0.05, 0.1) is 0 Å². The van der Waals surface area contributed by atoms with E-state index in [2.05, 4.69) is 16.0 Å². The molecule has 0 saturated carbocycles. The van der Waals surface area contributed by atoms with Crippen molar-refractivity contribution in [2.45, 2.75) is 26.7 Å². The van der Waals surface area contributed by atoms with Crippen molar-refractivity contribution in [3.8, 4) is 0 Å². The molecule has 21 heavy (non-hydrogen) atoms. The minimum atomic E-state index is -0.127. The Bertz CT molecular complexity index is 478. The summed E-state index contributed by atoms with van der Waals surface area (Å²) in [6.45, 7) is 5.17. The molecule has 0 fully saturated rings. The number of nitrogens with one attached hydrogen (secondary N) is 3. The molecule has 0 bridgehead atoms. The van der Waals surface area contributed by atoms with Crippen LogP contribution in [0.4, 0.5) is 5.69 Å². The number of halogens is 1. The van der Waals surface area contributed by atoms with Gasteiger partial charge in [0.1, 0.15) is 0 Å². The van der Waals surface area contributed by atoms with Crippen LogP contribution >= 0.6 is 12.4 Å². The molecule has 1 rings (SSSR count). The second-order valence-electron chi connectivity index (χ2n) is 4.64. The number of carbonyl (C=O) groups is 2. The Hall–Kier alpha value is -1.59. The fourth-order valence-electron chi connectivity index (χ4n) is 1.80. The molecule has 5 nitrogen and oxygen atoms in total. The van der Waals surface area contributed by atoms with Gasteiger partial charge in [0.25, 0.3) is 5.91 Å². The maximum atomic E-state index is 11.8. The van der Waals surface area contributed by atoms with Gasteiger partial charge in [0.15, 0.2) is 0 Å². The van der Waals surface area contributed by atoms with E-state index in [0.717, 1.165) is 18.5 Å². The van der Waals surface area contributed by atoms with Gasteiger partial charge in [-0.1, -0.05) is 6.07 Å². The zero-order valence-corrected chi connectivity index (χ0v) is 13.6. The highest BCUT2D eigenvalue weighted by molar-refractivity contribution is 5.97. The van der Waals surface area contributed by atoms with E-state index in [1.165, 1.54) is 0 Å². The van der Waals surface area contributed by atoms with Crippen LogP contribution in [0.3, 0.4) is 0 Å². The molecule has 2 amide bonds. The van der Waals surface area contributed by atoms with Gasteiger partial charge in [-0.05, 0) is 51.6 Å². The second-order valence-corrected chi connectivity index (χ2v) is 4.64. The van der Waals surface area contributed by atoms with Gasteiger partial charge in [-0.2, -0.15) is 0 Å². The first-order valence-electron chi connectivity index (χ1n) is 6.91. The number of hydrogen-bond donors (Lipinski definition) is 3. The topological polar surface area (TPSA) is 70.2 Å². The van der Waals surface area contributed by atoms with E-state index in [1.807, 2.05) is 27.0 Å². The summed E-state index contributed by atoms with van der Waals surface area (Å²) in [5.41, 5.74) is 2.20. The number of amides is 2. The van der Waals surface area contributed by atoms with Gasteiger partial charge >= 0.3 is 0 Å². The Kier molecular flexibility index (Phi) is 9.41. The first kappa shape index (κ1) is 19.4. The zero-order valence-electron chi connectivity index (χ0n) is 12.8. The molecule has 3 N–H and O–H groups in total. The first-order valence-corrected chi connectivity index (χ1v) is 6.91. The molecule has 1 aromatic rings. The summed E-state index contributed by atoms with van der Waals surface area (Å²) in [6, 6.07) is 5.32. The summed E-state index contributed by atoms with van der Waals surface area (Å²) in [6.07, 6.45) is 1.25. The monoisotopic (exact) mass is 313 g/mol. The van der Waals surface area contributed by atoms with Gasteiger partial charge in [-0.25, -0.2) is 0 Å². The minimum Gasteiger partial charge on any atom is -0.352 e. The predicted molar refractivity (Wildman–Crippen MR) is 88.2 cm³/mol. The lowest BCUT2D eigenvalue weighted by Gasteiger charge is -2.10. The fraction of sp³-hybridized carbons (Fsp3) is 0.467. The van der Waals surface area contributed by atoms with E-state index in [1.54, 1.807) is 12.1 Å². The van der Waals surface area contributed by atoms with Crippen molar-refractivity contribution in [2.24, 2.45) is 0 Å². The molecule has 0 heterocycles. The highest BCUT2D eigenvalue weighted by atomic mass is 35.5. The third-order valence-electron chi connectivity index (χ3n) is 2.94. The molecule has 0 radical (unpaired) electrons. The van der Waals surface area contributed by atoms with Crippen molar-refractivity contribution in [1.29, 1.82) is 0 Å². The molecule has 0 aliphatic rings. The van der Waals surface area contributed by atoms with E-state index < -0.39 is 0 Å². The molecule has 0 saturated heterocycles. The SMILES string of the molecule is CCNC(=O)c1ccc(C)c(NC(=O)CCCNC)c1.Cl. The van der Waals surface area contributed by atoms with Crippen LogP contribution in [0.2, 0.25) is 0 Å². The molecule has 0 aromatic heterocycles. The summed E-state index contributed by atoms with van der Waals surface area (Å²) in [7, 11) is 1.86. The van der Waals surface area contributed by atoms with E-state index in [-0.39, 0.29) is 24.2 Å². The lowest BCUT2D eigenvalue weighted by atomic mass is 10.1. The van der Waals surface area contributed by atoms with Crippen LogP contribution in [0, 0.1) is 6.92 Å². The molecule has 0 spiro atoms. The molecule has 0 unspecified atom stereocenters. The number of aryl methyl sites for hydroxylation is 1. The number of rotatable bonds is 7. The molecule has 0 aliphatic heterocycles. The largest absolute Gasteiger partial charge is 0.352 e. The molecule has 118 valence electrons. The molecule has 0 atom stereocenters. The summed E-state index contributed by atoms with van der Waals surface area (Å²) in [5.74, 6) is -0.158. The van der Waals surface area contributed by atoms with E-state index in [9.17, 15) is 9.59 Å². The fourth-order valence-corrected chi connectivity index (χ4v) is 1.80. The third kappa shape index (κ3) is 6.60. The van der Waals surface area contributed by atoms with Crippen molar-refractivity contribution in [2.75, 3.05) is 25.5 Å². The van der Waals surface area contributed by atoms with Crippen molar-refractivity contribution < 1.29 is 9.59 Å². The average molecular weight is 314 g/mol. The van der Waals surface area contributed by atoms with Gasteiger partial charge in [0.2, 0.25) is 5.91 Å². The van der Waals surface area contributed by atoms with E-state index >= 15 is 0 Å². The third-order valence-corrected chi connectivity index (χ3v) is 2.94. The highest BCUT2D eigenvalue weighted by Gasteiger charge is 2.09. The lowest BCUT2D eigenvalue weighted by Crippen LogP contribution is -2.23. The lowest BCUT2D eigenvalue weighted by molar-refractivity contribution is -0.116. The first-order chi connectivity index (χ1) is 9.58. The predicted octanol–water partition coefficient (Wildman–Crippen LogP) is 2.10. The summed E-state index contributed by atoms with van der Waals surface area (Å²) in [4.78, 5) is 23.6. The zero-order chi connectivity index (χ0) is 15.0. The van der Waals surface area contributed by atoms with Crippen LogP contribution in [0.25, 0.3) is 0 Å². The van der Waals surface area contributed by atoms with Crippen LogP contribution in [0.5, 0.6) is 0 Å². The molecule has 0 aliphatic carbocycles. The quantitative estimate of drug-likeness (QED) is 0.675. The van der Waals surface area contributed by atoms with Gasteiger partial charge in [-0.3, -0.25) is 9.59 Å². The minimum absolute atomic E-state index is 0. The van der Waals surface area contributed by atoms with Crippen LogP contribution < -0.4 is 16.0 Å². The summed E-state index contributed by atoms with van der Waals surface area (Å²) >= 11 is 0. The van der Waals surface area contributed by atoms with Gasteiger partial charge in [0, 0.05) is 24.2 Å². The highest BCUT2D eigenvalue weighted by Crippen LogP contribution is 2.17. The van der Waals surface area contributed by atoms with Crippen molar-refractivity contribution in [3.63, 3.8) is 0 Å². The van der Waals surface area contributed by atoms with Gasteiger partial charge in [-0.15, -0.1) is 12.4 Å². The Morgan fingerprint density at radius 3 is 2.57 bits per heavy atom. The second kappa shape index (κ2) is 10.2. The van der Waals surface area contributed by atoms with Crippen LogP contribution in [-0.2, 0) is 4.79 Å². The van der Waals surface area contributed by atoms with Crippen LogP contribution in [-0.4, -0.2) is 32.0 Å². The maximum Gasteiger partial charge on any atom is 0.251 e. The Morgan fingerprint density at radius 2 is 1.95 bits per heavy atom. The van der Waals surface area contributed by atoms with Crippen molar-refractivity contribution in [1.82, 2.24) is 10.6 Å². The Balaban J connectivity index is 0.00000400. The maximum absolute atomic E-state index is 11.8. The van der Waals surface area contributed by atoms with E-state index in [0.29, 0.717) is 24.2 Å². The average Bonchev–Trinajstić information content (AvgIpc) is 2.42. The van der Waals surface area contributed by atoms with Crippen LogP contribution in [0.15, 0.2) is 18.2 Å². The number of hydrogen-bond acceptors (Lipinski definition) is 3. The van der Waals surface area contributed by atoms with Gasteiger partial charge < -0.3 is 16.0 Å². The smallest absolute Gasteiger partial charge is 0.251 e. The molecular formula is C15H24ClN3O2. The van der Waals surface area contributed by atoms with Crippen molar-refractivity contribution in [3.05, 3.63) is 29.3 Å². The molecular weight excluding hydrogens is 290 g/mol. The van der Waals surface area contributed by atoms with E-state index in [4.69, 9.17) is 0 Å².